The number of aryl methyl sites for hydroxylation is 2. The number of pyridine rings is 1. The van der Waals surface area contributed by atoms with Gasteiger partial charge in [0.15, 0.2) is 0 Å². The first-order valence-electron chi connectivity index (χ1n) is 19.6. The van der Waals surface area contributed by atoms with Gasteiger partial charge in [0, 0.05) is 45.5 Å². The predicted octanol–water partition coefficient (Wildman–Crippen LogP) is 6.80. The Morgan fingerprint density at radius 3 is 1.48 bits per heavy atom. The fraction of sp³-hybridized carbons (Fsp3) is 0.512. The minimum atomic E-state index is -0.719. The largest absolute Gasteiger partial charge is 0.341 e. The lowest BCUT2D eigenvalue weighted by Crippen LogP contribution is -2.53. The van der Waals surface area contributed by atoms with Gasteiger partial charge in [-0.25, -0.2) is 8.78 Å². The Bertz CT molecular complexity index is 1610. The molecule has 2 fully saturated rings. The van der Waals surface area contributed by atoms with Crippen LogP contribution in [0.1, 0.15) is 98.2 Å². The molecule has 2 unspecified atom stereocenters. The molecule has 2 saturated heterocycles. The van der Waals surface area contributed by atoms with Crippen LogP contribution in [0.3, 0.4) is 0 Å². The van der Waals surface area contributed by atoms with Gasteiger partial charge in [-0.3, -0.25) is 24.2 Å². The summed E-state index contributed by atoms with van der Waals surface area (Å²) >= 11 is 0. The van der Waals surface area contributed by atoms with Crippen molar-refractivity contribution in [3.05, 3.63) is 101 Å². The van der Waals surface area contributed by atoms with Gasteiger partial charge in [-0.1, -0.05) is 52.0 Å². The highest BCUT2D eigenvalue weighted by Gasteiger charge is 2.38. The van der Waals surface area contributed by atoms with Crippen LogP contribution in [0, 0.1) is 23.5 Å². The summed E-state index contributed by atoms with van der Waals surface area (Å²) in [5, 5.41) is 0. The smallest absolute Gasteiger partial charge is 0.273 e. The number of nitrogens with zero attached hydrogens (tertiary/aromatic N) is 5. The zero-order valence-electron chi connectivity index (χ0n) is 32.2. The molecule has 290 valence electrons. The lowest BCUT2D eigenvalue weighted by molar-refractivity contribution is -0.137. The van der Waals surface area contributed by atoms with Crippen molar-refractivity contribution in [3.63, 3.8) is 0 Å². The Hall–Kier alpha value is -4.67. The number of hydrogen-bond donors (Lipinski definition) is 0. The van der Waals surface area contributed by atoms with Crippen molar-refractivity contribution < 1.29 is 28.0 Å². The van der Waals surface area contributed by atoms with E-state index in [0.29, 0.717) is 51.9 Å². The van der Waals surface area contributed by atoms with Crippen molar-refractivity contribution in [2.24, 2.45) is 11.8 Å². The van der Waals surface area contributed by atoms with Crippen molar-refractivity contribution in [3.8, 4) is 0 Å². The fourth-order valence-corrected chi connectivity index (χ4v) is 7.79. The fourth-order valence-electron chi connectivity index (χ4n) is 7.79. The van der Waals surface area contributed by atoms with Crippen LogP contribution in [0.2, 0.25) is 0 Å². The van der Waals surface area contributed by atoms with Gasteiger partial charge in [-0.05, 0) is 111 Å². The van der Waals surface area contributed by atoms with E-state index in [2.05, 4.69) is 4.98 Å². The van der Waals surface area contributed by atoms with E-state index in [1.165, 1.54) is 36.5 Å². The van der Waals surface area contributed by atoms with Crippen LogP contribution < -0.4 is 0 Å². The maximum Gasteiger partial charge on any atom is 0.273 e. The summed E-state index contributed by atoms with van der Waals surface area (Å²) < 4.78 is 27.8. The highest BCUT2D eigenvalue weighted by molar-refractivity contribution is 5.99. The Kier molecular flexibility index (Phi) is 14.3. The van der Waals surface area contributed by atoms with E-state index in [4.69, 9.17) is 0 Å². The summed E-state index contributed by atoms with van der Waals surface area (Å²) in [4.78, 5) is 67.8. The van der Waals surface area contributed by atoms with E-state index in [1.54, 1.807) is 28.0 Å². The number of likely N-dealkylation sites (tertiary alicyclic amines) is 2. The minimum Gasteiger partial charge on any atom is -0.341 e. The first kappa shape index (κ1) is 40.5. The number of aromatic nitrogens is 1. The molecule has 2 aliphatic rings. The maximum absolute atomic E-state index is 14.3. The zero-order chi connectivity index (χ0) is 38.8. The van der Waals surface area contributed by atoms with Crippen LogP contribution in [0.4, 0.5) is 8.78 Å². The third-order valence-corrected chi connectivity index (χ3v) is 10.5. The van der Waals surface area contributed by atoms with E-state index < -0.39 is 18.0 Å². The lowest BCUT2D eigenvalue weighted by atomic mass is 9.98. The molecule has 3 heterocycles. The quantitative estimate of drug-likeness (QED) is 0.161. The van der Waals surface area contributed by atoms with Gasteiger partial charge >= 0.3 is 0 Å². The summed E-state index contributed by atoms with van der Waals surface area (Å²) in [6.07, 6.45) is 7.14. The molecule has 2 aromatic carbocycles. The van der Waals surface area contributed by atoms with Crippen LogP contribution in [0.5, 0.6) is 0 Å². The molecule has 5 rings (SSSR count). The number of hydrogen-bond acceptors (Lipinski definition) is 5. The molecule has 2 aliphatic heterocycles. The van der Waals surface area contributed by atoms with Crippen molar-refractivity contribution >= 4 is 23.6 Å². The molecular formula is C43H55F2N5O4. The van der Waals surface area contributed by atoms with Gasteiger partial charge in [-0.2, -0.15) is 0 Å². The van der Waals surface area contributed by atoms with Crippen LogP contribution in [-0.4, -0.2) is 99.6 Å². The summed E-state index contributed by atoms with van der Waals surface area (Å²) in [6, 6.07) is 14.4. The third-order valence-electron chi connectivity index (χ3n) is 10.5. The Labute approximate surface area is 318 Å². The van der Waals surface area contributed by atoms with E-state index in [9.17, 15) is 28.0 Å². The molecule has 0 radical (unpaired) electrons. The first-order chi connectivity index (χ1) is 25.9. The standard InChI is InChI=1S/C43H55F2N5O4/c1-30(2)38(42(53)47-21-5-6-22-47)49(25-11-15-32-13-9-17-35(44)27-32)40(51)34-19-20-37(46-29-34)41(52)50(26-12-16-33-14-10-18-36(45)28-33)39(31(3)4)43(54)48-23-7-8-24-48/h9-10,13-14,17-20,27-31,38-39H,5-8,11-12,15-16,21-26H2,1-4H3. The van der Waals surface area contributed by atoms with Gasteiger partial charge in [0.2, 0.25) is 11.8 Å². The van der Waals surface area contributed by atoms with Crippen molar-refractivity contribution in [1.29, 1.82) is 0 Å². The second-order valence-corrected chi connectivity index (χ2v) is 15.3. The van der Waals surface area contributed by atoms with Crippen molar-refractivity contribution in [2.45, 2.75) is 91.1 Å². The molecule has 4 amide bonds. The highest BCUT2D eigenvalue weighted by Crippen LogP contribution is 2.24. The number of halogens is 2. The van der Waals surface area contributed by atoms with Gasteiger partial charge in [0.1, 0.15) is 29.4 Å². The summed E-state index contributed by atoms with van der Waals surface area (Å²) in [5.74, 6) is -1.98. The molecule has 1 aromatic heterocycles. The average Bonchev–Trinajstić information content (AvgIpc) is 3.89. The lowest BCUT2D eigenvalue weighted by Gasteiger charge is -2.36. The maximum atomic E-state index is 14.3. The molecule has 0 saturated carbocycles. The zero-order valence-corrected chi connectivity index (χ0v) is 32.2. The summed E-state index contributed by atoms with van der Waals surface area (Å²) in [7, 11) is 0. The van der Waals surface area contributed by atoms with Crippen LogP contribution in [0.15, 0.2) is 66.9 Å². The number of benzene rings is 2. The summed E-state index contributed by atoms with van der Waals surface area (Å²) in [6.45, 7) is 10.9. The van der Waals surface area contributed by atoms with Crippen LogP contribution in [-0.2, 0) is 22.4 Å². The van der Waals surface area contributed by atoms with E-state index in [-0.39, 0.29) is 65.5 Å². The van der Waals surface area contributed by atoms with Gasteiger partial charge < -0.3 is 19.6 Å². The minimum absolute atomic E-state index is 0.0855. The molecule has 3 aromatic rings. The average molecular weight is 744 g/mol. The van der Waals surface area contributed by atoms with Gasteiger partial charge in [0.25, 0.3) is 11.8 Å². The summed E-state index contributed by atoms with van der Waals surface area (Å²) in [5.41, 5.74) is 1.95. The number of carbonyl (C=O) groups excluding carboxylic acids is 4. The number of rotatable bonds is 16. The topological polar surface area (TPSA) is 94.1 Å². The first-order valence-corrected chi connectivity index (χ1v) is 19.6. The molecule has 2 atom stereocenters. The molecule has 0 N–H and O–H groups in total. The molecule has 0 spiro atoms. The predicted molar refractivity (Wildman–Crippen MR) is 205 cm³/mol. The molecule has 0 aliphatic carbocycles. The second kappa shape index (κ2) is 19.1. The Morgan fingerprint density at radius 2 is 1.09 bits per heavy atom. The molecule has 54 heavy (non-hydrogen) atoms. The normalized spacial score (nSPS) is 15.5. The Morgan fingerprint density at radius 1 is 0.648 bits per heavy atom. The van der Waals surface area contributed by atoms with E-state index in [0.717, 1.165) is 36.8 Å². The molecule has 9 nitrogen and oxygen atoms in total. The third kappa shape index (κ3) is 10.3. The van der Waals surface area contributed by atoms with Crippen LogP contribution in [0.25, 0.3) is 0 Å². The Balaban J connectivity index is 1.39. The molecule has 0 bridgehead atoms. The van der Waals surface area contributed by atoms with Gasteiger partial charge in [-0.15, -0.1) is 0 Å². The van der Waals surface area contributed by atoms with E-state index in [1.807, 2.05) is 49.6 Å². The highest BCUT2D eigenvalue weighted by atomic mass is 19.1. The van der Waals surface area contributed by atoms with Crippen molar-refractivity contribution in [2.75, 3.05) is 39.3 Å². The SMILES string of the molecule is CC(C)C(C(=O)N1CCCC1)N(CCCc1cccc(F)c1)C(=O)c1ccc(C(=O)N(CCCc2cccc(F)c2)C(C(=O)N2CCCC2)C(C)C)nc1. The van der Waals surface area contributed by atoms with E-state index >= 15 is 0 Å². The molecule has 11 heteroatoms. The van der Waals surface area contributed by atoms with Crippen LogP contribution >= 0.6 is 0 Å². The number of carbonyl (C=O) groups is 4. The number of amides is 4. The van der Waals surface area contributed by atoms with Gasteiger partial charge in [0.05, 0.1) is 5.56 Å². The monoisotopic (exact) mass is 743 g/mol. The van der Waals surface area contributed by atoms with Crippen molar-refractivity contribution in [1.82, 2.24) is 24.6 Å². The second-order valence-electron chi connectivity index (χ2n) is 15.3. The molecular weight excluding hydrogens is 688 g/mol.